The summed E-state index contributed by atoms with van der Waals surface area (Å²) in [5.74, 6) is -0.962. The number of rotatable bonds is 3. The SMILES string of the molecule is Cc1sc2ncn(Cc3ccc(C(=O)O)cc3)c(=O)c2c1C. The van der Waals surface area contributed by atoms with Crippen molar-refractivity contribution in [1.29, 1.82) is 0 Å². The van der Waals surface area contributed by atoms with E-state index in [0.29, 0.717) is 11.9 Å². The zero-order chi connectivity index (χ0) is 15.9. The summed E-state index contributed by atoms with van der Waals surface area (Å²) in [6.45, 7) is 4.29. The third-order valence-corrected chi connectivity index (χ3v) is 4.82. The van der Waals surface area contributed by atoms with Gasteiger partial charge in [-0.25, -0.2) is 9.78 Å². The summed E-state index contributed by atoms with van der Waals surface area (Å²) in [5.41, 5.74) is 2.01. The molecular weight excluding hydrogens is 300 g/mol. The molecule has 1 N–H and O–H groups in total. The molecule has 0 aliphatic rings. The van der Waals surface area contributed by atoms with Crippen LogP contribution in [0.3, 0.4) is 0 Å². The Kier molecular flexibility index (Phi) is 3.54. The van der Waals surface area contributed by atoms with E-state index in [2.05, 4.69) is 4.98 Å². The molecular formula is C16H14N2O3S. The summed E-state index contributed by atoms with van der Waals surface area (Å²) in [4.78, 5) is 29.6. The summed E-state index contributed by atoms with van der Waals surface area (Å²) in [5, 5.41) is 9.57. The van der Waals surface area contributed by atoms with Crippen molar-refractivity contribution in [2.75, 3.05) is 0 Å². The van der Waals surface area contributed by atoms with Crippen LogP contribution < -0.4 is 5.56 Å². The maximum absolute atomic E-state index is 12.6. The van der Waals surface area contributed by atoms with Crippen molar-refractivity contribution in [2.45, 2.75) is 20.4 Å². The lowest BCUT2D eigenvalue weighted by molar-refractivity contribution is 0.0697. The van der Waals surface area contributed by atoms with Crippen LogP contribution in [0.25, 0.3) is 10.2 Å². The number of carboxylic acids is 1. The number of hydrogen-bond donors (Lipinski definition) is 1. The van der Waals surface area contributed by atoms with Gasteiger partial charge in [-0.2, -0.15) is 0 Å². The third kappa shape index (κ3) is 2.42. The highest BCUT2D eigenvalue weighted by Gasteiger charge is 2.12. The van der Waals surface area contributed by atoms with Crippen molar-refractivity contribution < 1.29 is 9.90 Å². The number of benzene rings is 1. The monoisotopic (exact) mass is 314 g/mol. The van der Waals surface area contributed by atoms with Gasteiger partial charge in [0, 0.05) is 4.88 Å². The second-order valence-corrected chi connectivity index (χ2v) is 6.35. The number of carboxylic acid groups (broad SMARTS) is 1. The first-order chi connectivity index (χ1) is 10.5. The van der Waals surface area contributed by atoms with Gasteiger partial charge in [0.1, 0.15) is 4.83 Å². The fourth-order valence-corrected chi connectivity index (χ4v) is 3.32. The summed E-state index contributed by atoms with van der Waals surface area (Å²) < 4.78 is 1.55. The van der Waals surface area contributed by atoms with Gasteiger partial charge in [0.05, 0.1) is 23.8 Å². The lowest BCUT2D eigenvalue weighted by Gasteiger charge is -2.06. The fourth-order valence-electron chi connectivity index (χ4n) is 2.33. The molecule has 112 valence electrons. The Hall–Kier alpha value is -2.47. The summed E-state index contributed by atoms with van der Waals surface area (Å²) in [6, 6.07) is 6.50. The lowest BCUT2D eigenvalue weighted by atomic mass is 10.1. The van der Waals surface area contributed by atoms with E-state index >= 15 is 0 Å². The second kappa shape index (κ2) is 5.38. The number of aromatic nitrogens is 2. The minimum Gasteiger partial charge on any atom is -0.478 e. The van der Waals surface area contributed by atoms with E-state index in [0.717, 1.165) is 20.8 Å². The molecule has 0 spiro atoms. The van der Waals surface area contributed by atoms with E-state index in [1.165, 1.54) is 23.5 Å². The van der Waals surface area contributed by atoms with Crippen molar-refractivity contribution >= 4 is 27.5 Å². The molecule has 0 radical (unpaired) electrons. The number of fused-ring (bicyclic) bond motifs is 1. The molecule has 0 saturated carbocycles. The predicted octanol–water partition coefficient (Wildman–Crippen LogP) is 2.82. The maximum Gasteiger partial charge on any atom is 0.335 e. The maximum atomic E-state index is 12.6. The molecule has 6 heteroatoms. The van der Waals surface area contributed by atoms with E-state index < -0.39 is 5.97 Å². The predicted molar refractivity (Wildman–Crippen MR) is 85.9 cm³/mol. The Bertz CT molecular complexity index is 923. The summed E-state index contributed by atoms with van der Waals surface area (Å²) >= 11 is 1.52. The van der Waals surface area contributed by atoms with Gasteiger partial charge in [-0.15, -0.1) is 11.3 Å². The summed E-state index contributed by atoms with van der Waals surface area (Å²) in [7, 11) is 0. The molecule has 22 heavy (non-hydrogen) atoms. The van der Waals surface area contributed by atoms with Crippen LogP contribution in [0.5, 0.6) is 0 Å². The van der Waals surface area contributed by atoms with Crippen molar-refractivity contribution in [1.82, 2.24) is 9.55 Å². The van der Waals surface area contributed by atoms with Gasteiger partial charge in [0.15, 0.2) is 0 Å². The zero-order valence-corrected chi connectivity index (χ0v) is 13.0. The Morgan fingerprint density at radius 3 is 2.59 bits per heavy atom. The molecule has 0 fully saturated rings. The topological polar surface area (TPSA) is 72.2 Å². The first-order valence-corrected chi connectivity index (χ1v) is 7.56. The molecule has 0 saturated heterocycles. The molecule has 0 amide bonds. The molecule has 2 heterocycles. The zero-order valence-electron chi connectivity index (χ0n) is 12.2. The van der Waals surface area contributed by atoms with Gasteiger partial charge >= 0.3 is 5.97 Å². The summed E-state index contributed by atoms with van der Waals surface area (Å²) in [6.07, 6.45) is 1.55. The minimum atomic E-state index is -0.962. The van der Waals surface area contributed by atoms with Crippen LogP contribution in [-0.4, -0.2) is 20.6 Å². The van der Waals surface area contributed by atoms with E-state index in [4.69, 9.17) is 5.11 Å². The number of nitrogens with zero attached hydrogens (tertiary/aromatic N) is 2. The number of hydrogen-bond acceptors (Lipinski definition) is 4. The second-order valence-electron chi connectivity index (χ2n) is 5.14. The standard InChI is InChI=1S/C16H14N2O3S/c1-9-10(2)22-14-13(9)15(19)18(8-17-14)7-11-3-5-12(6-4-11)16(20)21/h3-6,8H,7H2,1-2H3,(H,20,21). The van der Waals surface area contributed by atoms with Crippen LogP contribution in [0.15, 0.2) is 35.4 Å². The molecule has 0 aliphatic carbocycles. The molecule has 3 rings (SSSR count). The molecule has 1 aromatic carbocycles. The van der Waals surface area contributed by atoms with E-state index in [1.54, 1.807) is 23.0 Å². The van der Waals surface area contributed by atoms with Gasteiger partial charge in [-0.3, -0.25) is 9.36 Å². The quantitative estimate of drug-likeness (QED) is 0.807. The Morgan fingerprint density at radius 1 is 1.27 bits per heavy atom. The van der Waals surface area contributed by atoms with Crippen LogP contribution in [-0.2, 0) is 6.54 Å². The molecule has 0 unspecified atom stereocenters. The van der Waals surface area contributed by atoms with Gasteiger partial charge in [0.25, 0.3) is 5.56 Å². The number of aryl methyl sites for hydroxylation is 2. The van der Waals surface area contributed by atoms with Crippen molar-refractivity contribution in [2.24, 2.45) is 0 Å². The normalized spacial score (nSPS) is 11.0. The van der Waals surface area contributed by atoms with Crippen LogP contribution in [0.2, 0.25) is 0 Å². The molecule has 0 atom stereocenters. The van der Waals surface area contributed by atoms with Crippen LogP contribution >= 0.6 is 11.3 Å². The highest BCUT2D eigenvalue weighted by atomic mass is 32.1. The van der Waals surface area contributed by atoms with Gasteiger partial charge < -0.3 is 5.11 Å². The number of carbonyl (C=O) groups is 1. The molecule has 2 aromatic heterocycles. The minimum absolute atomic E-state index is 0.0610. The van der Waals surface area contributed by atoms with E-state index in [1.807, 2.05) is 13.8 Å². The van der Waals surface area contributed by atoms with Crippen LogP contribution in [0.4, 0.5) is 0 Å². The first-order valence-electron chi connectivity index (χ1n) is 6.74. The molecule has 0 aliphatic heterocycles. The lowest BCUT2D eigenvalue weighted by Crippen LogP contribution is -2.21. The third-order valence-electron chi connectivity index (χ3n) is 3.71. The Labute approximate surface area is 130 Å². The average Bonchev–Trinajstić information content (AvgIpc) is 2.78. The molecule has 5 nitrogen and oxygen atoms in total. The van der Waals surface area contributed by atoms with E-state index in [9.17, 15) is 9.59 Å². The number of thiophene rings is 1. The molecule has 0 bridgehead atoms. The highest BCUT2D eigenvalue weighted by molar-refractivity contribution is 7.18. The number of aromatic carboxylic acids is 1. The Morgan fingerprint density at radius 2 is 1.95 bits per heavy atom. The largest absolute Gasteiger partial charge is 0.478 e. The van der Waals surface area contributed by atoms with Gasteiger partial charge in [-0.1, -0.05) is 12.1 Å². The smallest absolute Gasteiger partial charge is 0.335 e. The molecule has 3 aromatic rings. The van der Waals surface area contributed by atoms with Gasteiger partial charge in [-0.05, 0) is 37.1 Å². The van der Waals surface area contributed by atoms with Crippen LogP contribution in [0.1, 0.15) is 26.4 Å². The van der Waals surface area contributed by atoms with Crippen molar-refractivity contribution in [3.8, 4) is 0 Å². The first kappa shape index (κ1) is 14.5. The highest BCUT2D eigenvalue weighted by Crippen LogP contribution is 2.25. The fraction of sp³-hybridized carbons (Fsp3) is 0.188. The van der Waals surface area contributed by atoms with Crippen LogP contribution in [0, 0.1) is 13.8 Å². The van der Waals surface area contributed by atoms with E-state index in [-0.39, 0.29) is 11.1 Å². The average molecular weight is 314 g/mol. The van der Waals surface area contributed by atoms with Crippen molar-refractivity contribution in [3.63, 3.8) is 0 Å². The Balaban J connectivity index is 2.00. The van der Waals surface area contributed by atoms with Gasteiger partial charge in [0.2, 0.25) is 0 Å². The van der Waals surface area contributed by atoms with Crippen molar-refractivity contribution in [3.05, 3.63) is 62.5 Å².